The van der Waals surface area contributed by atoms with Gasteiger partial charge in [-0.3, -0.25) is 0 Å². The number of hydrogen-bond acceptors (Lipinski definition) is 6. The van der Waals surface area contributed by atoms with Crippen molar-refractivity contribution in [1.82, 2.24) is 0 Å². The normalized spacial score (nSPS) is 23.9. The predicted octanol–water partition coefficient (Wildman–Crippen LogP) is 4.68. The first-order chi connectivity index (χ1) is 18.2. The summed E-state index contributed by atoms with van der Waals surface area (Å²) in [4.78, 5) is 0. The molecule has 0 saturated carbocycles. The molecule has 0 spiro atoms. The summed E-state index contributed by atoms with van der Waals surface area (Å²) in [5.74, 6) is 0. The second kappa shape index (κ2) is 12.0. The van der Waals surface area contributed by atoms with Crippen LogP contribution in [-0.2, 0) is 32.2 Å². The van der Waals surface area contributed by atoms with Crippen molar-refractivity contribution >= 4 is 21.5 Å². The molecule has 0 bridgehead atoms. The van der Waals surface area contributed by atoms with E-state index in [9.17, 15) is 0 Å². The molecule has 1 heterocycles. The van der Waals surface area contributed by atoms with Crippen LogP contribution in [0, 0.1) is 0 Å². The van der Waals surface area contributed by atoms with Crippen LogP contribution in [0.2, 0.25) is 0 Å². The fraction of sp³-hybridized carbons (Fsp3) is 0.290. The molecule has 0 aromatic heterocycles. The Bertz CT molecular complexity index is 1340. The zero-order valence-corrected chi connectivity index (χ0v) is 20.9. The maximum absolute atomic E-state index is 6.64. The molecule has 1 aliphatic rings. The van der Waals surface area contributed by atoms with Gasteiger partial charge in [0.15, 0.2) is 6.29 Å². The minimum absolute atomic E-state index is 0.249. The first-order valence-corrected chi connectivity index (χ1v) is 12.7. The van der Waals surface area contributed by atoms with Crippen molar-refractivity contribution in [2.45, 2.75) is 43.9 Å². The largest absolute Gasteiger partial charge is 0.369 e. The molecule has 192 valence electrons. The quantitative estimate of drug-likeness (QED) is 0.309. The summed E-state index contributed by atoms with van der Waals surface area (Å²) in [6.45, 7) is 5.06. The van der Waals surface area contributed by atoms with Crippen LogP contribution in [0.4, 0.5) is 0 Å². The highest BCUT2D eigenvalue weighted by molar-refractivity contribution is 5.83. The summed E-state index contributed by atoms with van der Waals surface area (Å²) >= 11 is 0. The number of ether oxygens (including phenoxy) is 4. The average molecular weight is 499 g/mol. The molecule has 5 unspecified atom stereocenters. The minimum atomic E-state index is -0.673. The molecule has 0 amide bonds. The lowest BCUT2D eigenvalue weighted by atomic mass is 9.96. The first-order valence-electron chi connectivity index (χ1n) is 12.7. The Kier molecular flexibility index (Phi) is 8.26. The molecular formula is C31H34N2O4. The Morgan fingerprint density at radius 2 is 1.27 bits per heavy atom. The van der Waals surface area contributed by atoms with Gasteiger partial charge in [0.2, 0.25) is 0 Å². The lowest BCUT2D eigenvalue weighted by molar-refractivity contribution is -0.273. The van der Waals surface area contributed by atoms with E-state index in [-0.39, 0.29) is 6.54 Å². The molecule has 4 aromatic carbocycles. The van der Waals surface area contributed by atoms with Gasteiger partial charge in [0, 0.05) is 6.54 Å². The van der Waals surface area contributed by atoms with E-state index >= 15 is 0 Å². The molecule has 5 rings (SSSR count). The van der Waals surface area contributed by atoms with Gasteiger partial charge >= 0.3 is 0 Å². The van der Waals surface area contributed by atoms with Gasteiger partial charge in [0.25, 0.3) is 0 Å². The van der Waals surface area contributed by atoms with Crippen LogP contribution >= 0.6 is 0 Å². The second-order valence-corrected chi connectivity index (χ2v) is 9.39. The zero-order valence-electron chi connectivity index (χ0n) is 20.9. The summed E-state index contributed by atoms with van der Waals surface area (Å²) in [7, 11) is 0. The summed E-state index contributed by atoms with van der Waals surface area (Å²) in [5, 5.41) is 4.70. The summed E-state index contributed by atoms with van der Waals surface area (Å²) in [6.07, 6.45) is -0.384. The summed E-state index contributed by atoms with van der Waals surface area (Å²) < 4.78 is 24.8. The van der Waals surface area contributed by atoms with Crippen LogP contribution in [-0.4, -0.2) is 43.8 Å². The van der Waals surface area contributed by atoms with Crippen LogP contribution in [0.25, 0.3) is 21.5 Å². The summed E-state index contributed by atoms with van der Waals surface area (Å²) in [5.41, 5.74) is 14.9. The maximum atomic E-state index is 6.64. The van der Waals surface area contributed by atoms with E-state index in [0.717, 1.165) is 21.9 Å². The molecule has 1 saturated heterocycles. The van der Waals surface area contributed by atoms with Crippen LogP contribution in [0.15, 0.2) is 97.6 Å². The van der Waals surface area contributed by atoms with Crippen LogP contribution in [0.3, 0.4) is 0 Å². The Balaban J connectivity index is 1.35. The smallest absolute Gasteiger partial charge is 0.176 e. The molecule has 0 aliphatic carbocycles. The third kappa shape index (κ3) is 5.91. The molecule has 1 aliphatic heterocycles. The van der Waals surface area contributed by atoms with Gasteiger partial charge in [-0.1, -0.05) is 78.9 Å². The molecule has 5 atom stereocenters. The Morgan fingerprint density at radius 3 is 1.81 bits per heavy atom. The third-order valence-corrected chi connectivity index (χ3v) is 6.82. The molecule has 0 radical (unpaired) electrons. The van der Waals surface area contributed by atoms with Gasteiger partial charge < -0.3 is 30.4 Å². The van der Waals surface area contributed by atoms with Crippen molar-refractivity contribution in [2.75, 3.05) is 13.2 Å². The van der Waals surface area contributed by atoms with Gasteiger partial charge in [0.1, 0.15) is 18.3 Å². The predicted molar refractivity (Wildman–Crippen MR) is 147 cm³/mol. The fourth-order valence-corrected chi connectivity index (χ4v) is 4.88. The summed E-state index contributed by atoms with van der Waals surface area (Å²) in [6, 6.07) is 28.6. The molecular weight excluding hydrogens is 464 g/mol. The number of nitrogens with two attached hydrogens (primary N) is 2. The van der Waals surface area contributed by atoms with E-state index in [1.165, 1.54) is 10.8 Å². The van der Waals surface area contributed by atoms with Crippen molar-refractivity contribution in [2.24, 2.45) is 11.5 Å². The van der Waals surface area contributed by atoms with E-state index < -0.39 is 30.6 Å². The van der Waals surface area contributed by atoms with Gasteiger partial charge in [-0.2, -0.15) is 0 Å². The Labute approximate surface area is 217 Å². The van der Waals surface area contributed by atoms with E-state index in [1.54, 1.807) is 6.08 Å². The molecule has 6 nitrogen and oxygen atoms in total. The zero-order chi connectivity index (χ0) is 25.6. The van der Waals surface area contributed by atoms with Crippen LogP contribution in [0.5, 0.6) is 0 Å². The minimum Gasteiger partial charge on any atom is -0.369 e. The fourth-order valence-electron chi connectivity index (χ4n) is 4.88. The SMILES string of the molecule is C=CCOC1OC(CN)C(OCc2ccc3ccccc3c2)C(OCc2ccc3ccccc3c2)C1N. The number of hydrogen-bond donors (Lipinski definition) is 2. The van der Waals surface area contributed by atoms with Crippen molar-refractivity contribution in [1.29, 1.82) is 0 Å². The van der Waals surface area contributed by atoms with E-state index in [2.05, 4.69) is 67.2 Å². The second-order valence-electron chi connectivity index (χ2n) is 9.39. The Morgan fingerprint density at radius 1 is 0.730 bits per heavy atom. The van der Waals surface area contributed by atoms with Crippen molar-refractivity contribution in [3.63, 3.8) is 0 Å². The Hall–Kier alpha value is -3.10. The molecule has 4 N–H and O–H groups in total. The molecule has 1 fully saturated rings. The number of fused-ring (bicyclic) bond motifs is 2. The third-order valence-electron chi connectivity index (χ3n) is 6.82. The number of benzene rings is 4. The average Bonchev–Trinajstić information content (AvgIpc) is 2.94. The molecule has 4 aromatic rings. The van der Waals surface area contributed by atoms with Gasteiger partial charge in [-0.05, 0) is 44.8 Å². The standard InChI is InChI=1S/C31H34N2O4/c1-2-15-34-31-28(33)30(36-20-22-12-14-24-8-4-6-10-26(24)17-22)29(27(18-32)37-31)35-19-21-11-13-23-7-3-5-9-25(23)16-21/h2-14,16-17,27-31H,1,15,18-20,32-33H2. The molecule has 6 heteroatoms. The maximum Gasteiger partial charge on any atom is 0.176 e. The first kappa shape index (κ1) is 25.5. The lowest BCUT2D eigenvalue weighted by Crippen LogP contribution is -2.64. The van der Waals surface area contributed by atoms with E-state index in [0.29, 0.717) is 19.8 Å². The monoisotopic (exact) mass is 498 g/mol. The topological polar surface area (TPSA) is 89.0 Å². The van der Waals surface area contributed by atoms with Crippen LogP contribution in [0.1, 0.15) is 11.1 Å². The van der Waals surface area contributed by atoms with Gasteiger partial charge in [-0.25, -0.2) is 0 Å². The lowest BCUT2D eigenvalue weighted by Gasteiger charge is -2.44. The van der Waals surface area contributed by atoms with Gasteiger partial charge in [0.05, 0.1) is 25.9 Å². The van der Waals surface area contributed by atoms with Crippen molar-refractivity contribution in [3.8, 4) is 0 Å². The van der Waals surface area contributed by atoms with Crippen LogP contribution < -0.4 is 11.5 Å². The van der Waals surface area contributed by atoms with Crippen molar-refractivity contribution in [3.05, 3.63) is 109 Å². The highest BCUT2D eigenvalue weighted by Crippen LogP contribution is 2.28. The van der Waals surface area contributed by atoms with Crippen molar-refractivity contribution < 1.29 is 18.9 Å². The number of rotatable bonds is 10. The molecule has 37 heavy (non-hydrogen) atoms. The van der Waals surface area contributed by atoms with Gasteiger partial charge in [-0.15, -0.1) is 6.58 Å². The highest BCUT2D eigenvalue weighted by atomic mass is 16.7. The van der Waals surface area contributed by atoms with E-state index in [4.69, 9.17) is 30.4 Å². The highest BCUT2D eigenvalue weighted by Gasteiger charge is 2.46. The van der Waals surface area contributed by atoms with E-state index in [1.807, 2.05) is 24.3 Å².